The van der Waals surface area contributed by atoms with Gasteiger partial charge in [-0.15, -0.1) is 0 Å². The van der Waals surface area contributed by atoms with Crippen molar-refractivity contribution in [3.05, 3.63) is 42.0 Å². The number of nitrogens with one attached hydrogen (secondary N) is 2. The first-order valence-corrected chi connectivity index (χ1v) is 7.16. The summed E-state index contributed by atoms with van der Waals surface area (Å²) in [6.07, 6.45) is 2.00. The second-order valence-corrected chi connectivity index (χ2v) is 5.66. The van der Waals surface area contributed by atoms with Crippen LogP contribution in [0.25, 0.3) is 0 Å². The Kier molecular flexibility index (Phi) is 2.79. The fourth-order valence-corrected chi connectivity index (χ4v) is 3.13. The first-order chi connectivity index (χ1) is 9.17. The molecule has 1 aromatic heterocycles. The molecule has 1 aromatic carbocycles. The maximum Gasteiger partial charge on any atom is 0.263 e. The van der Waals surface area contributed by atoms with Gasteiger partial charge in [-0.3, -0.25) is 14.8 Å². The summed E-state index contributed by atoms with van der Waals surface area (Å²) in [5.41, 5.74) is 0.611. The van der Waals surface area contributed by atoms with Crippen LogP contribution in [0.4, 0.5) is 0 Å². The number of benzene rings is 1. The number of rotatable bonds is 3. The average molecular weight is 277 g/mol. The summed E-state index contributed by atoms with van der Waals surface area (Å²) in [5, 5.41) is 6.46. The van der Waals surface area contributed by atoms with Gasteiger partial charge in [0, 0.05) is 18.5 Å². The van der Waals surface area contributed by atoms with E-state index in [0.717, 1.165) is 5.82 Å². The van der Waals surface area contributed by atoms with E-state index in [2.05, 4.69) is 24.9 Å². The van der Waals surface area contributed by atoms with E-state index in [9.17, 15) is 8.42 Å². The van der Waals surface area contributed by atoms with E-state index in [4.69, 9.17) is 0 Å². The number of H-pyrrole nitrogens is 1. The van der Waals surface area contributed by atoms with Gasteiger partial charge in [0.25, 0.3) is 10.0 Å². The lowest BCUT2D eigenvalue weighted by molar-refractivity contribution is 0.595. The molecule has 3 rings (SSSR count). The predicted octanol–water partition coefficient (Wildman–Crippen LogP) is 0.0859. The number of fused-ring (bicyclic) bond motifs is 1. The number of amidine groups is 1. The van der Waals surface area contributed by atoms with E-state index in [-0.39, 0.29) is 4.90 Å². The molecule has 0 atom stereocenters. The molecule has 0 saturated heterocycles. The van der Waals surface area contributed by atoms with Crippen molar-refractivity contribution in [3.63, 3.8) is 0 Å². The molecule has 0 aliphatic carbocycles. The summed E-state index contributed by atoms with van der Waals surface area (Å²) in [6.45, 7) is 0.432. The molecule has 0 bridgehead atoms. The van der Waals surface area contributed by atoms with Gasteiger partial charge in [0.2, 0.25) is 0 Å². The molecule has 2 heterocycles. The number of hydrogen-bond acceptors (Lipinski definition) is 5. The Bertz CT molecular complexity index is 721. The number of sulfonamides is 1. The lowest BCUT2D eigenvalue weighted by atomic mass is 10.2. The minimum Gasteiger partial charge on any atom is -0.267 e. The van der Waals surface area contributed by atoms with E-state index in [1.807, 2.05) is 0 Å². The summed E-state index contributed by atoms with van der Waals surface area (Å²) in [6, 6.07) is 6.78. The number of nitrogens with zero attached hydrogens (tertiary/aromatic N) is 3. The minimum atomic E-state index is -3.46. The van der Waals surface area contributed by atoms with Crippen LogP contribution in [0.3, 0.4) is 0 Å². The Morgan fingerprint density at radius 1 is 1.26 bits per heavy atom. The molecule has 7 nitrogen and oxygen atoms in total. The average Bonchev–Trinajstić information content (AvgIpc) is 2.98. The van der Waals surface area contributed by atoms with Crippen molar-refractivity contribution in [2.45, 2.75) is 11.3 Å². The zero-order valence-corrected chi connectivity index (χ0v) is 10.7. The largest absolute Gasteiger partial charge is 0.267 e. The van der Waals surface area contributed by atoms with Crippen molar-refractivity contribution >= 4 is 15.9 Å². The van der Waals surface area contributed by atoms with Crippen molar-refractivity contribution in [3.8, 4) is 0 Å². The van der Waals surface area contributed by atoms with Gasteiger partial charge in [0.1, 0.15) is 18.0 Å². The molecule has 19 heavy (non-hydrogen) atoms. The van der Waals surface area contributed by atoms with Crippen LogP contribution in [0.15, 0.2) is 40.5 Å². The monoisotopic (exact) mass is 277 g/mol. The first-order valence-electron chi connectivity index (χ1n) is 5.68. The van der Waals surface area contributed by atoms with Crippen LogP contribution in [-0.2, 0) is 16.4 Å². The molecule has 0 spiro atoms. The summed E-state index contributed by atoms with van der Waals surface area (Å²) < 4.78 is 26.1. The molecular weight excluding hydrogens is 266 g/mol. The van der Waals surface area contributed by atoms with Gasteiger partial charge < -0.3 is 0 Å². The van der Waals surface area contributed by atoms with Crippen molar-refractivity contribution in [2.24, 2.45) is 4.99 Å². The number of hydrogen-bond donors (Lipinski definition) is 2. The predicted molar refractivity (Wildman–Crippen MR) is 68.3 cm³/mol. The molecule has 1 aliphatic rings. The smallest absolute Gasteiger partial charge is 0.263 e. The van der Waals surface area contributed by atoms with Gasteiger partial charge in [0.15, 0.2) is 0 Å². The molecule has 2 N–H and O–H groups in total. The molecule has 0 saturated carbocycles. The Balaban J connectivity index is 1.83. The SMILES string of the molecule is O=S1(=O)NC(=NCCc2ncn[nH]2)c2ccccc21. The van der Waals surface area contributed by atoms with Gasteiger partial charge in [0.05, 0.1) is 4.90 Å². The minimum absolute atomic E-state index is 0.272. The summed E-state index contributed by atoms with van der Waals surface area (Å²) >= 11 is 0. The normalized spacial score (nSPS) is 18.2. The lowest BCUT2D eigenvalue weighted by Gasteiger charge is -1.98. The Labute approximate surface area is 109 Å². The molecule has 0 radical (unpaired) electrons. The summed E-state index contributed by atoms with van der Waals surface area (Å²) in [7, 11) is -3.46. The molecule has 1 aliphatic heterocycles. The fraction of sp³-hybridized carbons (Fsp3) is 0.182. The van der Waals surface area contributed by atoms with Crippen LogP contribution in [0.5, 0.6) is 0 Å². The molecule has 8 heteroatoms. The second-order valence-electron chi connectivity index (χ2n) is 4.01. The Morgan fingerprint density at radius 3 is 2.89 bits per heavy atom. The van der Waals surface area contributed by atoms with Crippen LogP contribution >= 0.6 is 0 Å². The zero-order chi connectivity index (χ0) is 13.3. The number of aromatic nitrogens is 3. The van der Waals surface area contributed by atoms with Crippen molar-refractivity contribution in [1.82, 2.24) is 19.9 Å². The van der Waals surface area contributed by atoms with E-state index in [0.29, 0.717) is 24.4 Å². The van der Waals surface area contributed by atoms with Crippen LogP contribution in [0.1, 0.15) is 11.4 Å². The maximum absolute atomic E-state index is 11.8. The van der Waals surface area contributed by atoms with E-state index >= 15 is 0 Å². The first kappa shape index (κ1) is 11.8. The zero-order valence-electron chi connectivity index (χ0n) is 9.87. The molecule has 0 unspecified atom stereocenters. The highest BCUT2D eigenvalue weighted by Gasteiger charge is 2.29. The third-order valence-electron chi connectivity index (χ3n) is 2.75. The van der Waals surface area contributed by atoms with Crippen molar-refractivity contribution in [2.75, 3.05) is 6.54 Å². The topological polar surface area (TPSA) is 100 Å². The van der Waals surface area contributed by atoms with Crippen LogP contribution in [0.2, 0.25) is 0 Å². The van der Waals surface area contributed by atoms with Crippen LogP contribution in [0, 0.1) is 0 Å². The molecule has 0 amide bonds. The van der Waals surface area contributed by atoms with Gasteiger partial charge in [-0.1, -0.05) is 12.1 Å². The van der Waals surface area contributed by atoms with Gasteiger partial charge >= 0.3 is 0 Å². The third-order valence-corrected chi connectivity index (χ3v) is 4.14. The highest BCUT2D eigenvalue weighted by atomic mass is 32.2. The van der Waals surface area contributed by atoms with Crippen molar-refractivity contribution < 1.29 is 8.42 Å². The molecule has 2 aromatic rings. The highest BCUT2D eigenvalue weighted by Crippen LogP contribution is 2.21. The van der Waals surface area contributed by atoms with Crippen LogP contribution in [-0.4, -0.2) is 36.0 Å². The Morgan fingerprint density at radius 2 is 2.11 bits per heavy atom. The van der Waals surface area contributed by atoms with E-state index in [1.165, 1.54) is 6.33 Å². The number of aromatic amines is 1. The fourth-order valence-electron chi connectivity index (χ4n) is 1.88. The van der Waals surface area contributed by atoms with Gasteiger partial charge in [-0.05, 0) is 12.1 Å². The summed E-state index contributed by atoms with van der Waals surface area (Å²) in [4.78, 5) is 8.52. The Hall–Kier alpha value is -2.22. The van der Waals surface area contributed by atoms with E-state index in [1.54, 1.807) is 24.3 Å². The van der Waals surface area contributed by atoms with Crippen LogP contribution < -0.4 is 4.72 Å². The van der Waals surface area contributed by atoms with Crippen molar-refractivity contribution in [1.29, 1.82) is 0 Å². The second kappa shape index (κ2) is 4.47. The molecular formula is C11H11N5O2S. The summed E-state index contributed by atoms with van der Waals surface area (Å²) in [5.74, 6) is 1.11. The quantitative estimate of drug-likeness (QED) is 0.830. The van der Waals surface area contributed by atoms with E-state index < -0.39 is 10.0 Å². The lowest BCUT2D eigenvalue weighted by Crippen LogP contribution is -2.22. The van der Waals surface area contributed by atoms with Gasteiger partial charge in [-0.2, -0.15) is 5.10 Å². The molecule has 98 valence electrons. The highest BCUT2D eigenvalue weighted by molar-refractivity contribution is 7.90. The standard InChI is InChI=1S/C11H11N5O2S/c17-19(18)9-4-2-1-3-8(9)11(16-19)12-6-5-10-13-7-14-15-10/h1-4,7H,5-6H2,(H,12,16)(H,13,14,15). The van der Waals surface area contributed by atoms with Gasteiger partial charge in [-0.25, -0.2) is 13.4 Å². The third kappa shape index (κ3) is 2.22. The number of aliphatic imine (C=N–C) groups is 1. The molecule has 0 fully saturated rings. The maximum atomic E-state index is 11.8.